The molecule has 2 aliphatic rings. The number of hydrogen-bond acceptors (Lipinski definition) is 2. The Bertz CT molecular complexity index is 752. The van der Waals surface area contributed by atoms with Crippen molar-refractivity contribution in [1.82, 2.24) is 0 Å². The Morgan fingerprint density at radius 1 is 0.760 bits per heavy atom. The molecule has 2 atom stereocenters. The number of alkyl halides is 2. The zero-order valence-corrected chi connectivity index (χ0v) is 17.7. The Kier molecular flexibility index (Phi) is 4.40. The fourth-order valence-electron chi connectivity index (χ4n) is 4.20. The molecule has 4 rings (SSSR count). The van der Waals surface area contributed by atoms with Crippen LogP contribution in [0.5, 0.6) is 11.5 Å². The molecule has 4 bridgehead atoms. The average molecular weight is 466 g/mol. The van der Waals surface area contributed by atoms with Crippen LogP contribution in [0.15, 0.2) is 36.4 Å². The van der Waals surface area contributed by atoms with E-state index in [9.17, 15) is 0 Å². The van der Waals surface area contributed by atoms with Crippen LogP contribution in [0.25, 0.3) is 0 Å². The average Bonchev–Trinajstić information content (AvgIpc) is 2.65. The molecule has 0 spiro atoms. The molecule has 25 heavy (non-hydrogen) atoms. The van der Waals surface area contributed by atoms with Gasteiger partial charge in [0.2, 0.25) is 0 Å². The molecule has 0 aromatic heterocycles. The first-order valence-electron chi connectivity index (χ1n) is 8.74. The largest absolute Gasteiger partial charge is 0.496 e. The van der Waals surface area contributed by atoms with E-state index in [1.54, 1.807) is 14.2 Å². The van der Waals surface area contributed by atoms with Gasteiger partial charge in [0.1, 0.15) is 11.5 Å². The second kappa shape index (κ2) is 6.31. The van der Waals surface area contributed by atoms with Crippen LogP contribution in [0.1, 0.15) is 41.5 Å². The number of methoxy groups -OCH3 is 2. The van der Waals surface area contributed by atoms with Gasteiger partial charge >= 0.3 is 0 Å². The second-order valence-electron chi connectivity index (χ2n) is 7.03. The standard InChI is InChI=1S/C21H22Br2O2/c1-24-18-8-6-14-4-3-5-15-7-9-19(25-2)17(13-15)21(23)11-10-20(21,22)16(18)12-14/h6-9,12-13H,3-5,10-11H2,1-2H3. The minimum Gasteiger partial charge on any atom is -0.496 e. The fourth-order valence-corrected chi connectivity index (χ4v) is 6.04. The van der Waals surface area contributed by atoms with Crippen LogP contribution in [0.3, 0.4) is 0 Å². The first-order chi connectivity index (χ1) is 12.0. The van der Waals surface area contributed by atoms with E-state index in [4.69, 9.17) is 9.47 Å². The molecule has 2 unspecified atom stereocenters. The summed E-state index contributed by atoms with van der Waals surface area (Å²) in [7, 11) is 3.51. The van der Waals surface area contributed by atoms with E-state index in [0.717, 1.165) is 43.6 Å². The van der Waals surface area contributed by atoms with Crippen LogP contribution in [-0.4, -0.2) is 14.2 Å². The quantitative estimate of drug-likeness (QED) is 0.516. The molecule has 0 aliphatic heterocycles. The zero-order valence-electron chi connectivity index (χ0n) is 14.6. The van der Waals surface area contributed by atoms with E-state index in [0.29, 0.717) is 0 Å². The minimum absolute atomic E-state index is 0.211. The summed E-state index contributed by atoms with van der Waals surface area (Å²) < 4.78 is 11.0. The number of benzene rings is 2. The molecule has 0 N–H and O–H groups in total. The van der Waals surface area contributed by atoms with Crippen LogP contribution in [0.2, 0.25) is 0 Å². The summed E-state index contributed by atoms with van der Waals surface area (Å²) in [5.41, 5.74) is 5.20. The van der Waals surface area contributed by atoms with Gasteiger partial charge in [0.15, 0.2) is 0 Å². The van der Waals surface area contributed by atoms with E-state index in [1.807, 2.05) is 0 Å². The molecule has 2 aromatic carbocycles. The van der Waals surface area contributed by atoms with E-state index in [-0.39, 0.29) is 8.65 Å². The number of aryl methyl sites for hydroxylation is 2. The van der Waals surface area contributed by atoms with Gasteiger partial charge in [0, 0.05) is 11.1 Å². The van der Waals surface area contributed by atoms with E-state index in [2.05, 4.69) is 68.3 Å². The van der Waals surface area contributed by atoms with Gasteiger partial charge in [-0.3, -0.25) is 0 Å². The highest BCUT2D eigenvalue weighted by molar-refractivity contribution is 9.12. The Hall–Kier alpha value is -1.00. The van der Waals surface area contributed by atoms with Gasteiger partial charge in [-0.2, -0.15) is 0 Å². The number of hydrogen-bond donors (Lipinski definition) is 0. The van der Waals surface area contributed by atoms with Gasteiger partial charge < -0.3 is 9.47 Å². The minimum atomic E-state index is -0.211. The van der Waals surface area contributed by atoms with Gasteiger partial charge in [-0.15, -0.1) is 0 Å². The third-order valence-corrected chi connectivity index (χ3v) is 9.29. The van der Waals surface area contributed by atoms with Crippen molar-refractivity contribution in [2.75, 3.05) is 14.2 Å². The van der Waals surface area contributed by atoms with Gasteiger partial charge in [0.25, 0.3) is 0 Å². The maximum absolute atomic E-state index is 5.72. The smallest absolute Gasteiger partial charge is 0.123 e. The number of ether oxygens (including phenoxy) is 2. The highest BCUT2D eigenvalue weighted by Gasteiger charge is 2.60. The fraction of sp³-hybridized carbons (Fsp3) is 0.429. The Morgan fingerprint density at radius 3 is 1.56 bits per heavy atom. The number of rotatable bonds is 2. The van der Waals surface area contributed by atoms with Crippen LogP contribution in [-0.2, 0) is 21.5 Å². The van der Waals surface area contributed by atoms with Crippen molar-refractivity contribution in [3.05, 3.63) is 58.7 Å². The summed E-state index contributed by atoms with van der Waals surface area (Å²) in [5.74, 6) is 1.89. The van der Waals surface area contributed by atoms with Crippen molar-refractivity contribution in [2.45, 2.75) is 40.8 Å². The number of halogens is 2. The molecule has 2 aromatic rings. The lowest BCUT2D eigenvalue weighted by atomic mass is 9.65. The van der Waals surface area contributed by atoms with Crippen molar-refractivity contribution in [3.63, 3.8) is 0 Å². The number of fused-ring (bicyclic) bond motifs is 7. The molecule has 1 saturated carbocycles. The molecule has 4 heteroatoms. The van der Waals surface area contributed by atoms with Crippen LogP contribution in [0, 0.1) is 0 Å². The van der Waals surface area contributed by atoms with Crippen LogP contribution < -0.4 is 9.47 Å². The first-order valence-corrected chi connectivity index (χ1v) is 10.3. The third-order valence-electron chi connectivity index (χ3n) is 5.75. The van der Waals surface area contributed by atoms with Gasteiger partial charge in [-0.25, -0.2) is 0 Å². The highest BCUT2D eigenvalue weighted by atomic mass is 79.9. The summed E-state index contributed by atoms with van der Waals surface area (Å²) >= 11 is 8.23. The molecule has 0 saturated heterocycles. The lowest BCUT2D eigenvalue weighted by Gasteiger charge is -2.54. The van der Waals surface area contributed by atoms with E-state index >= 15 is 0 Å². The van der Waals surface area contributed by atoms with Crippen molar-refractivity contribution in [1.29, 1.82) is 0 Å². The second-order valence-corrected chi connectivity index (χ2v) is 9.73. The molecule has 1 fully saturated rings. The SMILES string of the molecule is COc1ccc2cc1C1(Br)CCC1(Br)c1cc(ccc1OC)CCC2. The molecule has 2 nitrogen and oxygen atoms in total. The Balaban J connectivity index is 1.97. The third kappa shape index (κ3) is 2.56. The van der Waals surface area contributed by atoms with Gasteiger partial charge in [-0.1, -0.05) is 56.1 Å². The predicted octanol–water partition coefficient (Wildman–Crippen LogP) is 5.87. The Labute approximate surface area is 166 Å². The summed E-state index contributed by atoms with van der Waals surface area (Å²) in [6.07, 6.45) is 5.40. The molecule has 132 valence electrons. The van der Waals surface area contributed by atoms with Gasteiger partial charge in [-0.05, 0) is 55.4 Å². The molecule has 0 heterocycles. The van der Waals surface area contributed by atoms with Crippen molar-refractivity contribution >= 4 is 31.9 Å². The van der Waals surface area contributed by atoms with Crippen molar-refractivity contribution in [2.24, 2.45) is 0 Å². The lowest BCUT2D eigenvalue weighted by molar-refractivity contribution is 0.263. The highest BCUT2D eigenvalue weighted by Crippen LogP contribution is 2.68. The van der Waals surface area contributed by atoms with Crippen LogP contribution >= 0.6 is 31.9 Å². The molecule has 2 aliphatic carbocycles. The molecule has 0 amide bonds. The van der Waals surface area contributed by atoms with E-state index in [1.165, 1.54) is 22.3 Å². The predicted molar refractivity (Wildman–Crippen MR) is 108 cm³/mol. The monoisotopic (exact) mass is 464 g/mol. The maximum atomic E-state index is 5.72. The molecule has 0 radical (unpaired) electrons. The molecular weight excluding hydrogens is 444 g/mol. The lowest BCUT2D eigenvalue weighted by Crippen LogP contribution is -2.50. The Morgan fingerprint density at radius 2 is 1.20 bits per heavy atom. The summed E-state index contributed by atoms with van der Waals surface area (Å²) in [6, 6.07) is 13.3. The molecular formula is C21H22Br2O2. The van der Waals surface area contributed by atoms with Crippen molar-refractivity contribution < 1.29 is 9.47 Å². The summed E-state index contributed by atoms with van der Waals surface area (Å²) in [5, 5.41) is 0. The topological polar surface area (TPSA) is 18.5 Å². The van der Waals surface area contributed by atoms with Crippen molar-refractivity contribution in [3.8, 4) is 11.5 Å². The van der Waals surface area contributed by atoms with Gasteiger partial charge in [0.05, 0.1) is 22.9 Å². The summed E-state index contributed by atoms with van der Waals surface area (Å²) in [6.45, 7) is 0. The van der Waals surface area contributed by atoms with Crippen LogP contribution in [0.4, 0.5) is 0 Å². The normalized spacial score (nSPS) is 27.5. The van der Waals surface area contributed by atoms with E-state index < -0.39 is 0 Å². The zero-order chi connectivity index (χ0) is 17.7. The first kappa shape index (κ1) is 17.4. The summed E-state index contributed by atoms with van der Waals surface area (Å²) in [4.78, 5) is 0. The maximum Gasteiger partial charge on any atom is 0.123 e.